The molecule has 0 aliphatic heterocycles. The zero-order valence-corrected chi connectivity index (χ0v) is 14.2. The highest BCUT2D eigenvalue weighted by atomic mass is 16.5. The molecular formula is C22H19NO2. The summed E-state index contributed by atoms with van der Waals surface area (Å²) in [5, 5.41) is 0. The van der Waals surface area contributed by atoms with Gasteiger partial charge in [-0.3, -0.25) is 0 Å². The molecule has 0 saturated carbocycles. The molecule has 0 aromatic heterocycles. The number of nitrogen functional groups attached to an aromatic ring is 1. The smallest absolute Gasteiger partial charge is 0.123 e. The minimum Gasteiger partial charge on any atom is -0.496 e. The Morgan fingerprint density at radius 1 is 0.640 bits per heavy atom. The summed E-state index contributed by atoms with van der Waals surface area (Å²) in [7, 11) is 3.46. The van der Waals surface area contributed by atoms with E-state index in [0.29, 0.717) is 0 Å². The van der Waals surface area contributed by atoms with Crippen molar-refractivity contribution in [2.24, 2.45) is 0 Å². The van der Waals surface area contributed by atoms with Gasteiger partial charge in [0, 0.05) is 28.7 Å². The van der Waals surface area contributed by atoms with Crippen molar-refractivity contribution < 1.29 is 9.47 Å². The van der Waals surface area contributed by atoms with E-state index in [1.54, 1.807) is 14.2 Å². The normalized spacial score (nSPS) is 19.0. The average molecular weight is 329 g/mol. The Balaban J connectivity index is 1.95. The number of hydrogen-bond acceptors (Lipinski definition) is 3. The number of ether oxygens (including phenoxy) is 2. The third kappa shape index (κ3) is 1.70. The number of nitrogens with two attached hydrogens (primary N) is 1. The van der Waals surface area contributed by atoms with Crippen LogP contribution in [-0.2, 0) is 0 Å². The molecule has 25 heavy (non-hydrogen) atoms. The first-order valence-electron chi connectivity index (χ1n) is 8.48. The first kappa shape index (κ1) is 14.4. The maximum atomic E-state index is 6.43. The molecule has 0 saturated heterocycles. The van der Waals surface area contributed by atoms with Crippen molar-refractivity contribution in [3.05, 3.63) is 88.0 Å². The van der Waals surface area contributed by atoms with Crippen molar-refractivity contribution >= 4 is 5.69 Å². The van der Waals surface area contributed by atoms with Crippen LogP contribution in [0.4, 0.5) is 5.69 Å². The predicted molar refractivity (Wildman–Crippen MR) is 98.7 cm³/mol. The summed E-state index contributed by atoms with van der Waals surface area (Å²) in [5.41, 5.74) is 14.8. The molecule has 3 nitrogen and oxygen atoms in total. The SMILES string of the molecule is COc1ccc(OC)c2c1C1c3ccccc3C2c2c(N)cccc21. The van der Waals surface area contributed by atoms with E-state index < -0.39 is 0 Å². The summed E-state index contributed by atoms with van der Waals surface area (Å²) in [6.45, 7) is 0. The van der Waals surface area contributed by atoms with Crippen LogP contribution in [0.15, 0.2) is 54.6 Å². The van der Waals surface area contributed by atoms with E-state index in [2.05, 4.69) is 30.3 Å². The van der Waals surface area contributed by atoms with Crippen LogP contribution in [0.1, 0.15) is 45.2 Å². The maximum absolute atomic E-state index is 6.43. The zero-order valence-electron chi connectivity index (χ0n) is 14.2. The van der Waals surface area contributed by atoms with Crippen LogP contribution in [0.2, 0.25) is 0 Å². The number of rotatable bonds is 2. The van der Waals surface area contributed by atoms with Gasteiger partial charge in [0.15, 0.2) is 0 Å². The Morgan fingerprint density at radius 2 is 1.20 bits per heavy atom. The minimum atomic E-state index is 0.0810. The Bertz CT molecular complexity index is 1010. The molecule has 2 atom stereocenters. The lowest BCUT2D eigenvalue weighted by atomic mass is 9.60. The summed E-state index contributed by atoms with van der Waals surface area (Å²) < 4.78 is 11.5. The summed E-state index contributed by atoms with van der Waals surface area (Å²) >= 11 is 0. The molecular weight excluding hydrogens is 310 g/mol. The number of methoxy groups -OCH3 is 2. The van der Waals surface area contributed by atoms with E-state index in [1.165, 1.54) is 33.4 Å². The number of benzene rings is 3. The highest BCUT2D eigenvalue weighted by Crippen LogP contribution is 2.60. The molecule has 0 amide bonds. The van der Waals surface area contributed by atoms with E-state index in [9.17, 15) is 0 Å². The molecule has 0 heterocycles. The first-order chi connectivity index (χ1) is 12.3. The standard InChI is InChI=1S/C22H19NO2/c1-24-16-10-11-17(25-2)22-20-13-7-4-3-6-12(13)18(21(16)22)14-8-5-9-15(23)19(14)20/h3-11,18,20H,23H2,1-2H3. The molecule has 3 heteroatoms. The Labute approximate surface area is 147 Å². The number of hydrogen-bond donors (Lipinski definition) is 1. The highest BCUT2D eigenvalue weighted by Gasteiger charge is 2.45. The van der Waals surface area contributed by atoms with Crippen molar-refractivity contribution in [2.45, 2.75) is 11.8 Å². The van der Waals surface area contributed by atoms with Crippen molar-refractivity contribution in [1.82, 2.24) is 0 Å². The third-order valence-electron chi connectivity index (χ3n) is 5.62. The molecule has 0 radical (unpaired) electrons. The third-order valence-corrected chi connectivity index (χ3v) is 5.62. The molecule has 3 aromatic carbocycles. The van der Waals surface area contributed by atoms with Gasteiger partial charge in [-0.1, -0.05) is 36.4 Å². The summed E-state index contributed by atoms with van der Waals surface area (Å²) in [6, 6.07) is 18.9. The Hall–Kier alpha value is -2.94. The van der Waals surface area contributed by atoms with E-state index in [-0.39, 0.29) is 11.8 Å². The van der Waals surface area contributed by atoms with Gasteiger partial charge >= 0.3 is 0 Å². The van der Waals surface area contributed by atoms with Gasteiger partial charge in [-0.25, -0.2) is 0 Å². The fraction of sp³-hybridized carbons (Fsp3) is 0.182. The van der Waals surface area contributed by atoms with Gasteiger partial charge in [0.05, 0.1) is 14.2 Å². The van der Waals surface area contributed by atoms with Crippen LogP contribution in [-0.4, -0.2) is 14.2 Å². The minimum absolute atomic E-state index is 0.0810. The van der Waals surface area contributed by atoms with E-state index in [0.717, 1.165) is 17.2 Å². The van der Waals surface area contributed by atoms with Crippen molar-refractivity contribution in [3.63, 3.8) is 0 Å². The summed E-state index contributed by atoms with van der Waals surface area (Å²) in [6.07, 6.45) is 0. The maximum Gasteiger partial charge on any atom is 0.123 e. The van der Waals surface area contributed by atoms with E-state index in [1.807, 2.05) is 24.3 Å². The van der Waals surface area contributed by atoms with Crippen molar-refractivity contribution in [2.75, 3.05) is 20.0 Å². The van der Waals surface area contributed by atoms with Gasteiger partial charge in [0.25, 0.3) is 0 Å². The largest absolute Gasteiger partial charge is 0.496 e. The van der Waals surface area contributed by atoms with Crippen LogP contribution in [0, 0.1) is 0 Å². The molecule has 2 bridgehead atoms. The molecule has 6 rings (SSSR count). The van der Waals surface area contributed by atoms with Crippen LogP contribution in [0.5, 0.6) is 11.5 Å². The second kappa shape index (κ2) is 5.03. The molecule has 124 valence electrons. The van der Waals surface area contributed by atoms with E-state index in [4.69, 9.17) is 15.2 Å². The predicted octanol–water partition coefficient (Wildman–Crippen LogP) is 4.27. The Kier molecular flexibility index (Phi) is 2.90. The van der Waals surface area contributed by atoms with Gasteiger partial charge < -0.3 is 15.2 Å². The molecule has 2 N–H and O–H groups in total. The fourth-order valence-corrected chi connectivity index (χ4v) is 4.71. The summed E-state index contributed by atoms with van der Waals surface area (Å²) in [5.74, 6) is 2.01. The highest BCUT2D eigenvalue weighted by molar-refractivity contribution is 5.76. The van der Waals surface area contributed by atoms with Gasteiger partial charge in [0.1, 0.15) is 11.5 Å². The van der Waals surface area contributed by atoms with Crippen LogP contribution in [0.3, 0.4) is 0 Å². The average Bonchev–Trinajstić information content (AvgIpc) is 2.67. The monoisotopic (exact) mass is 329 g/mol. The molecule has 3 aromatic rings. The van der Waals surface area contributed by atoms with Crippen molar-refractivity contribution in [1.29, 1.82) is 0 Å². The fourth-order valence-electron chi connectivity index (χ4n) is 4.71. The Morgan fingerprint density at radius 3 is 1.84 bits per heavy atom. The molecule has 0 fully saturated rings. The lowest BCUT2D eigenvalue weighted by Crippen LogP contribution is -2.29. The molecule has 3 aliphatic rings. The molecule has 2 unspecified atom stereocenters. The second-order valence-electron chi connectivity index (χ2n) is 6.64. The number of anilines is 1. The molecule has 0 spiro atoms. The van der Waals surface area contributed by atoms with E-state index >= 15 is 0 Å². The topological polar surface area (TPSA) is 44.5 Å². The quantitative estimate of drug-likeness (QED) is 0.492. The second-order valence-corrected chi connectivity index (χ2v) is 6.64. The van der Waals surface area contributed by atoms with Crippen LogP contribution >= 0.6 is 0 Å². The first-order valence-corrected chi connectivity index (χ1v) is 8.48. The van der Waals surface area contributed by atoms with Crippen LogP contribution in [0.25, 0.3) is 0 Å². The van der Waals surface area contributed by atoms with Crippen LogP contribution < -0.4 is 15.2 Å². The molecule has 3 aliphatic carbocycles. The van der Waals surface area contributed by atoms with Gasteiger partial charge in [-0.15, -0.1) is 0 Å². The lowest BCUT2D eigenvalue weighted by Gasteiger charge is -2.43. The van der Waals surface area contributed by atoms with Gasteiger partial charge in [-0.05, 0) is 40.5 Å². The van der Waals surface area contributed by atoms with Crippen molar-refractivity contribution in [3.8, 4) is 11.5 Å². The van der Waals surface area contributed by atoms with Gasteiger partial charge in [-0.2, -0.15) is 0 Å². The lowest BCUT2D eigenvalue weighted by molar-refractivity contribution is 0.390. The van der Waals surface area contributed by atoms with Gasteiger partial charge in [0.2, 0.25) is 0 Å². The summed E-state index contributed by atoms with van der Waals surface area (Å²) in [4.78, 5) is 0. The zero-order chi connectivity index (χ0) is 17.1.